The molecule has 4 heterocycles. The van der Waals surface area contributed by atoms with Crippen molar-refractivity contribution in [3.8, 4) is 11.3 Å². The predicted octanol–water partition coefficient (Wildman–Crippen LogP) is 4.21. The summed E-state index contributed by atoms with van der Waals surface area (Å²) in [6.07, 6.45) is 5.99. The third-order valence-corrected chi connectivity index (χ3v) is 6.73. The van der Waals surface area contributed by atoms with Crippen LogP contribution in [0.1, 0.15) is 57.1 Å². The highest BCUT2D eigenvalue weighted by molar-refractivity contribution is 5.99. The lowest BCUT2D eigenvalue weighted by atomic mass is 9.87. The molecule has 0 saturated carbocycles. The summed E-state index contributed by atoms with van der Waals surface area (Å²) >= 11 is 0. The standard InChI is InChI=1S/C27H29FN6O2/c1-26(2,3)19-15-20(17-8-10-18(28)11-9-17)31-34-16-21(30-23(19)34)24(35)33-14-13-32(22-7-6-12-29-22)25(36)27(33,4)5/h7-12,15-16H,6,13-14H2,1-5H3. The van der Waals surface area contributed by atoms with Crippen LogP contribution in [-0.4, -0.2) is 61.1 Å². The fraction of sp³-hybridized carbons (Fsp3) is 0.370. The van der Waals surface area contributed by atoms with Crippen molar-refractivity contribution >= 4 is 23.7 Å². The first-order valence-electron chi connectivity index (χ1n) is 12.0. The molecule has 0 unspecified atom stereocenters. The molecular weight excluding hydrogens is 459 g/mol. The molecule has 0 N–H and O–H groups in total. The topological polar surface area (TPSA) is 83.2 Å². The number of imidazole rings is 1. The summed E-state index contributed by atoms with van der Waals surface area (Å²) in [5.74, 6) is -0.186. The minimum atomic E-state index is -1.07. The van der Waals surface area contributed by atoms with E-state index >= 15 is 0 Å². The Morgan fingerprint density at radius 3 is 2.47 bits per heavy atom. The van der Waals surface area contributed by atoms with Gasteiger partial charge in [0, 0.05) is 36.9 Å². The third kappa shape index (κ3) is 3.98. The Labute approximate surface area is 209 Å². The largest absolute Gasteiger partial charge is 0.321 e. The molecule has 2 aliphatic heterocycles. The Morgan fingerprint density at radius 1 is 1.11 bits per heavy atom. The molecule has 36 heavy (non-hydrogen) atoms. The molecule has 2 amide bonds. The molecule has 3 aromatic rings. The van der Waals surface area contributed by atoms with Gasteiger partial charge in [0.2, 0.25) is 0 Å². The van der Waals surface area contributed by atoms with E-state index in [0.29, 0.717) is 36.7 Å². The van der Waals surface area contributed by atoms with E-state index in [1.807, 2.05) is 12.1 Å². The van der Waals surface area contributed by atoms with Crippen LogP contribution in [0, 0.1) is 5.82 Å². The van der Waals surface area contributed by atoms with Crippen LogP contribution < -0.4 is 0 Å². The third-order valence-electron chi connectivity index (χ3n) is 6.73. The van der Waals surface area contributed by atoms with E-state index in [9.17, 15) is 14.0 Å². The summed E-state index contributed by atoms with van der Waals surface area (Å²) in [5.41, 5.74) is 1.75. The predicted molar refractivity (Wildman–Crippen MR) is 135 cm³/mol. The SMILES string of the molecule is CC(C)(C)c1cc(-c2ccc(F)cc2)nn2cc(C(=O)N3CCN(C4=CCC=N4)C(=O)C3(C)C)nc12. The highest BCUT2D eigenvalue weighted by Gasteiger charge is 2.46. The van der Waals surface area contributed by atoms with Crippen LogP contribution in [0.4, 0.5) is 4.39 Å². The fourth-order valence-corrected chi connectivity index (χ4v) is 4.67. The number of hydrogen-bond acceptors (Lipinski definition) is 5. The molecule has 5 rings (SSSR count). The molecule has 1 fully saturated rings. The lowest BCUT2D eigenvalue weighted by molar-refractivity contribution is -0.143. The number of allylic oxidation sites excluding steroid dienone is 1. The zero-order valence-electron chi connectivity index (χ0n) is 21.1. The number of carbonyl (C=O) groups excluding carboxylic acids is 2. The molecule has 1 aromatic carbocycles. The number of carbonyl (C=O) groups is 2. The Balaban J connectivity index is 1.53. The van der Waals surface area contributed by atoms with Crippen LogP contribution in [0.2, 0.25) is 0 Å². The van der Waals surface area contributed by atoms with Gasteiger partial charge in [0.05, 0.1) is 11.9 Å². The Morgan fingerprint density at radius 2 is 1.83 bits per heavy atom. The van der Waals surface area contributed by atoms with Gasteiger partial charge in [-0.25, -0.2) is 18.9 Å². The lowest BCUT2D eigenvalue weighted by Gasteiger charge is -2.45. The Hall–Kier alpha value is -3.88. The molecule has 2 aliphatic rings. The van der Waals surface area contributed by atoms with Gasteiger partial charge in [-0.2, -0.15) is 5.10 Å². The van der Waals surface area contributed by atoms with E-state index in [2.05, 4.69) is 35.8 Å². The van der Waals surface area contributed by atoms with Crippen molar-refractivity contribution in [1.82, 2.24) is 24.4 Å². The molecule has 8 nitrogen and oxygen atoms in total. The first-order valence-corrected chi connectivity index (χ1v) is 12.0. The summed E-state index contributed by atoms with van der Waals surface area (Å²) in [5, 5.41) is 4.68. The minimum absolute atomic E-state index is 0.178. The normalized spacial score (nSPS) is 17.7. The second-order valence-corrected chi connectivity index (χ2v) is 10.7. The number of rotatable bonds is 3. The molecular formula is C27H29FN6O2. The van der Waals surface area contributed by atoms with Gasteiger partial charge < -0.3 is 4.90 Å². The van der Waals surface area contributed by atoms with Crippen molar-refractivity contribution in [3.63, 3.8) is 0 Å². The highest BCUT2D eigenvalue weighted by atomic mass is 19.1. The minimum Gasteiger partial charge on any atom is -0.321 e. The summed E-state index contributed by atoms with van der Waals surface area (Å²) < 4.78 is 15.1. The van der Waals surface area contributed by atoms with E-state index in [4.69, 9.17) is 0 Å². The van der Waals surface area contributed by atoms with E-state index < -0.39 is 5.54 Å². The maximum absolute atomic E-state index is 13.7. The maximum Gasteiger partial charge on any atom is 0.275 e. The quantitative estimate of drug-likeness (QED) is 0.553. The molecule has 0 atom stereocenters. The molecule has 0 aliphatic carbocycles. The molecule has 9 heteroatoms. The fourth-order valence-electron chi connectivity index (χ4n) is 4.67. The zero-order chi connectivity index (χ0) is 25.8. The molecule has 0 radical (unpaired) electrons. The van der Waals surface area contributed by atoms with Crippen molar-refractivity contribution < 1.29 is 14.0 Å². The van der Waals surface area contributed by atoms with Crippen LogP contribution >= 0.6 is 0 Å². The van der Waals surface area contributed by atoms with Gasteiger partial charge in [-0.1, -0.05) is 20.8 Å². The first kappa shape index (κ1) is 23.8. The van der Waals surface area contributed by atoms with Crippen molar-refractivity contribution in [1.29, 1.82) is 0 Å². The van der Waals surface area contributed by atoms with Crippen LogP contribution in [0.5, 0.6) is 0 Å². The number of amides is 2. The van der Waals surface area contributed by atoms with Gasteiger partial charge in [-0.3, -0.25) is 14.5 Å². The molecule has 1 saturated heterocycles. The van der Waals surface area contributed by atoms with Crippen LogP contribution in [-0.2, 0) is 10.2 Å². The van der Waals surface area contributed by atoms with E-state index in [1.165, 1.54) is 12.1 Å². The molecule has 186 valence electrons. The number of halogens is 1. The number of aromatic nitrogens is 3. The van der Waals surface area contributed by atoms with Crippen molar-refractivity contribution in [2.45, 2.75) is 52.0 Å². The molecule has 2 aromatic heterocycles. The second kappa shape index (κ2) is 8.36. The van der Waals surface area contributed by atoms with Gasteiger partial charge >= 0.3 is 0 Å². The van der Waals surface area contributed by atoms with Gasteiger partial charge in [-0.05, 0) is 55.7 Å². The smallest absolute Gasteiger partial charge is 0.275 e. The van der Waals surface area contributed by atoms with Crippen molar-refractivity contribution in [2.24, 2.45) is 4.99 Å². The van der Waals surface area contributed by atoms with Crippen LogP contribution in [0.3, 0.4) is 0 Å². The summed E-state index contributed by atoms with van der Waals surface area (Å²) in [6.45, 7) is 10.4. The maximum atomic E-state index is 13.7. The number of nitrogens with zero attached hydrogens (tertiary/aromatic N) is 6. The Kier molecular flexibility index (Phi) is 5.54. The van der Waals surface area contributed by atoms with E-state index in [-0.39, 0.29) is 28.7 Å². The number of piperazine rings is 1. The average molecular weight is 489 g/mol. The summed E-state index contributed by atoms with van der Waals surface area (Å²) in [7, 11) is 0. The van der Waals surface area contributed by atoms with Crippen LogP contribution in [0.25, 0.3) is 16.9 Å². The van der Waals surface area contributed by atoms with E-state index in [0.717, 1.165) is 11.1 Å². The highest BCUT2D eigenvalue weighted by Crippen LogP contribution is 2.32. The monoisotopic (exact) mass is 488 g/mol. The lowest BCUT2D eigenvalue weighted by Crippen LogP contribution is -2.64. The van der Waals surface area contributed by atoms with Gasteiger partial charge in [0.15, 0.2) is 5.65 Å². The van der Waals surface area contributed by atoms with Gasteiger partial charge in [-0.15, -0.1) is 0 Å². The zero-order valence-corrected chi connectivity index (χ0v) is 21.1. The van der Waals surface area contributed by atoms with Crippen molar-refractivity contribution in [3.05, 3.63) is 65.5 Å². The molecule has 0 spiro atoms. The van der Waals surface area contributed by atoms with Gasteiger partial charge in [0.25, 0.3) is 11.8 Å². The molecule has 0 bridgehead atoms. The van der Waals surface area contributed by atoms with Gasteiger partial charge in [0.1, 0.15) is 22.9 Å². The number of hydrogen-bond donors (Lipinski definition) is 0. The summed E-state index contributed by atoms with van der Waals surface area (Å²) in [4.78, 5) is 39.2. The first-order chi connectivity index (χ1) is 17.0. The number of aliphatic imine (C=N–C) groups is 1. The number of fused-ring (bicyclic) bond motifs is 1. The summed E-state index contributed by atoms with van der Waals surface area (Å²) in [6, 6.07) is 8.08. The van der Waals surface area contributed by atoms with E-state index in [1.54, 1.807) is 52.7 Å². The second-order valence-electron chi connectivity index (χ2n) is 10.7. The Bertz CT molecular complexity index is 1430. The number of benzene rings is 1. The van der Waals surface area contributed by atoms with Crippen molar-refractivity contribution in [2.75, 3.05) is 13.1 Å². The van der Waals surface area contributed by atoms with Crippen LogP contribution in [0.15, 0.2) is 53.4 Å². The average Bonchev–Trinajstić information content (AvgIpc) is 3.49.